The molecule has 1 heteroatoms. The Morgan fingerprint density at radius 1 is 0.206 bits per heavy atom. The zero-order chi connectivity index (χ0) is 41.5. The molecule has 0 nitrogen and oxygen atoms in total. The van der Waals surface area contributed by atoms with E-state index in [2.05, 4.69) is 243 Å². The van der Waals surface area contributed by atoms with Gasteiger partial charge in [-0.3, -0.25) is 0 Å². The van der Waals surface area contributed by atoms with Gasteiger partial charge in [-0.1, -0.05) is 237 Å². The van der Waals surface area contributed by atoms with E-state index in [-0.39, 0.29) is 0 Å². The molecule has 0 aromatic heterocycles. The highest BCUT2D eigenvalue weighted by atomic mass is 28.3. The van der Waals surface area contributed by atoms with E-state index in [9.17, 15) is 0 Å². The number of hydrogen-bond donors (Lipinski definition) is 0. The Bertz CT molecular complexity index is 3690. The Balaban J connectivity index is 1.07. The van der Waals surface area contributed by atoms with Crippen molar-refractivity contribution in [2.24, 2.45) is 0 Å². The minimum absolute atomic E-state index is 1.20. The number of rotatable bonds is 7. The molecule has 0 unspecified atom stereocenters. The first-order valence-corrected chi connectivity index (χ1v) is 24.0. The standard InChI is InChI=1S/C62H40Si/c1-4-16-51(17-5-1)63(52-18-6-2-7-19-52,53-20-8-3-9-21-53)54-39-49(38-50(40-54)56-35-31-48-29-27-44-13-11-15-46-33-37-58(56)62(48)60(44)46)41-22-24-42(25-23-41)55-34-30-47-28-26-43-12-10-14-45-32-36-57(55)61(47)59(43)45/h1-40H. The van der Waals surface area contributed by atoms with Crippen LogP contribution in [0.2, 0.25) is 0 Å². The van der Waals surface area contributed by atoms with E-state index in [0.29, 0.717) is 0 Å². The average molecular weight is 813 g/mol. The van der Waals surface area contributed by atoms with E-state index < -0.39 is 8.07 Å². The maximum atomic E-state index is 2.54. The van der Waals surface area contributed by atoms with E-state index in [1.165, 1.54) is 119 Å². The fourth-order valence-corrected chi connectivity index (χ4v) is 15.9. The van der Waals surface area contributed by atoms with Crippen molar-refractivity contribution in [1.82, 2.24) is 0 Å². The van der Waals surface area contributed by atoms with Gasteiger partial charge in [-0.05, 0) is 125 Å². The minimum Gasteiger partial charge on any atom is -0.0623 e. The second-order valence-corrected chi connectivity index (χ2v) is 21.0. The van der Waals surface area contributed by atoms with E-state index in [1.54, 1.807) is 0 Å². The molecule has 0 spiro atoms. The lowest BCUT2D eigenvalue weighted by atomic mass is 9.88. The summed E-state index contributed by atoms with van der Waals surface area (Å²) in [7, 11) is -2.89. The lowest BCUT2D eigenvalue weighted by Crippen LogP contribution is -2.74. The molecule has 0 aliphatic carbocycles. The summed E-state index contributed by atoms with van der Waals surface area (Å²) >= 11 is 0. The maximum absolute atomic E-state index is 2.89. The van der Waals surface area contributed by atoms with Gasteiger partial charge in [-0.25, -0.2) is 0 Å². The molecule has 13 aromatic carbocycles. The highest BCUT2D eigenvalue weighted by molar-refractivity contribution is 7.20. The Kier molecular flexibility index (Phi) is 8.03. The van der Waals surface area contributed by atoms with Crippen LogP contribution in [0.4, 0.5) is 0 Å². The van der Waals surface area contributed by atoms with Crippen LogP contribution in [0.5, 0.6) is 0 Å². The smallest absolute Gasteiger partial charge is 0.0623 e. The van der Waals surface area contributed by atoms with Crippen LogP contribution in [0.25, 0.3) is 98.0 Å². The largest absolute Gasteiger partial charge is 0.179 e. The monoisotopic (exact) mass is 812 g/mol. The van der Waals surface area contributed by atoms with Gasteiger partial charge in [0.15, 0.2) is 8.07 Å². The number of benzene rings is 13. The van der Waals surface area contributed by atoms with Crippen LogP contribution in [0.1, 0.15) is 0 Å². The molecule has 13 rings (SSSR count). The van der Waals surface area contributed by atoms with Crippen molar-refractivity contribution in [2.75, 3.05) is 0 Å². The van der Waals surface area contributed by atoms with Gasteiger partial charge >= 0.3 is 0 Å². The highest BCUT2D eigenvalue weighted by Gasteiger charge is 2.42. The van der Waals surface area contributed by atoms with Crippen LogP contribution < -0.4 is 20.7 Å². The SMILES string of the molecule is c1ccc([Si](c2ccccc2)(c2ccccc2)c2cc(-c3ccc(-c4ccc5ccc6cccc7ccc4c5c67)cc3)cc(-c3ccc4ccc5cccc6ccc3c4c56)c2)cc1. The molecule has 0 fully saturated rings. The molecule has 0 bridgehead atoms. The molecular formula is C62H40Si. The first kappa shape index (κ1) is 35.9. The van der Waals surface area contributed by atoms with Crippen LogP contribution in [-0.2, 0) is 0 Å². The van der Waals surface area contributed by atoms with Crippen LogP contribution >= 0.6 is 0 Å². The number of hydrogen-bond acceptors (Lipinski definition) is 0. The molecule has 0 N–H and O–H groups in total. The van der Waals surface area contributed by atoms with E-state index in [1.807, 2.05) is 0 Å². The fraction of sp³-hybridized carbons (Fsp3) is 0. The van der Waals surface area contributed by atoms with Gasteiger partial charge in [0.25, 0.3) is 0 Å². The zero-order valence-electron chi connectivity index (χ0n) is 34.6. The van der Waals surface area contributed by atoms with Crippen molar-refractivity contribution in [3.63, 3.8) is 0 Å². The van der Waals surface area contributed by atoms with Crippen molar-refractivity contribution < 1.29 is 0 Å². The topological polar surface area (TPSA) is 0 Å². The molecule has 13 aromatic rings. The summed E-state index contributed by atoms with van der Waals surface area (Å²) in [4.78, 5) is 0. The summed E-state index contributed by atoms with van der Waals surface area (Å²) in [5.74, 6) is 0. The van der Waals surface area contributed by atoms with Crippen LogP contribution in [0.3, 0.4) is 0 Å². The van der Waals surface area contributed by atoms with E-state index >= 15 is 0 Å². The summed E-state index contributed by atoms with van der Waals surface area (Å²) in [6.45, 7) is 0. The summed E-state index contributed by atoms with van der Waals surface area (Å²) in [5, 5.41) is 21.1. The van der Waals surface area contributed by atoms with Gasteiger partial charge in [-0.15, -0.1) is 0 Å². The lowest BCUT2D eigenvalue weighted by Gasteiger charge is -2.35. The molecule has 0 heterocycles. The molecule has 0 radical (unpaired) electrons. The van der Waals surface area contributed by atoms with Crippen LogP contribution in [0, 0.1) is 0 Å². The van der Waals surface area contributed by atoms with Crippen LogP contribution in [0.15, 0.2) is 243 Å². The Labute approximate surface area is 367 Å². The quantitative estimate of drug-likeness (QED) is 0.0854. The van der Waals surface area contributed by atoms with Crippen LogP contribution in [-0.4, -0.2) is 8.07 Å². The van der Waals surface area contributed by atoms with Gasteiger partial charge in [0, 0.05) is 0 Å². The first-order chi connectivity index (χ1) is 31.2. The summed E-state index contributed by atoms with van der Waals surface area (Å²) in [6.07, 6.45) is 0. The summed E-state index contributed by atoms with van der Waals surface area (Å²) < 4.78 is 0. The molecule has 63 heavy (non-hydrogen) atoms. The predicted octanol–water partition coefficient (Wildman–Crippen LogP) is 13.9. The third-order valence-corrected chi connectivity index (χ3v) is 18.6. The zero-order valence-corrected chi connectivity index (χ0v) is 35.6. The fourth-order valence-electron chi connectivity index (χ4n) is 11.0. The lowest BCUT2D eigenvalue weighted by molar-refractivity contribution is 1.60. The molecule has 0 atom stereocenters. The maximum Gasteiger partial charge on any atom is 0.179 e. The normalized spacial score (nSPS) is 12.1. The molecule has 0 aliphatic heterocycles. The molecule has 0 amide bonds. The second-order valence-electron chi connectivity index (χ2n) is 17.2. The van der Waals surface area contributed by atoms with Crippen molar-refractivity contribution in [3.05, 3.63) is 243 Å². The summed E-state index contributed by atoms with van der Waals surface area (Å²) in [5.41, 5.74) is 7.40. The predicted molar refractivity (Wildman–Crippen MR) is 274 cm³/mol. The first-order valence-electron chi connectivity index (χ1n) is 22.0. The van der Waals surface area contributed by atoms with Gasteiger partial charge < -0.3 is 0 Å². The van der Waals surface area contributed by atoms with Gasteiger partial charge in [0.1, 0.15) is 0 Å². The van der Waals surface area contributed by atoms with E-state index in [4.69, 9.17) is 0 Å². The molecule has 0 aliphatic rings. The van der Waals surface area contributed by atoms with Gasteiger partial charge in [0.05, 0.1) is 0 Å². The third-order valence-electron chi connectivity index (χ3n) is 13.9. The van der Waals surface area contributed by atoms with Gasteiger partial charge in [-0.2, -0.15) is 0 Å². The molecule has 0 saturated heterocycles. The molecule has 292 valence electrons. The minimum atomic E-state index is -2.89. The Morgan fingerprint density at radius 3 is 1.03 bits per heavy atom. The molecular weight excluding hydrogens is 773 g/mol. The van der Waals surface area contributed by atoms with Crippen molar-refractivity contribution >= 4 is 93.5 Å². The van der Waals surface area contributed by atoms with Crippen molar-refractivity contribution in [3.8, 4) is 33.4 Å². The third kappa shape index (κ3) is 5.47. The Hall–Kier alpha value is -7.84. The van der Waals surface area contributed by atoms with Crippen molar-refractivity contribution in [1.29, 1.82) is 0 Å². The van der Waals surface area contributed by atoms with Gasteiger partial charge in [0.2, 0.25) is 0 Å². The molecule has 0 saturated carbocycles. The second kappa shape index (κ2) is 14.1. The highest BCUT2D eigenvalue weighted by Crippen LogP contribution is 2.42. The summed E-state index contributed by atoms with van der Waals surface area (Å²) in [6, 6.07) is 91.7. The van der Waals surface area contributed by atoms with E-state index in [0.717, 1.165) is 0 Å². The average Bonchev–Trinajstić information content (AvgIpc) is 3.36. The Morgan fingerprint density at radius 2 is 0.571 bits per heavy atom. The van der Waals surface area contributed by atoms with Crippen molar-refractivity contribution in [2.45, 2.75) is 0 Å².